The minimum Gasteiger partial charge on any atom is -0.339 e. The average molecular weight is 361 g/mol. The second-order valence-electron chi connectivity index (χ2n) is 7.78. The molecule has 1 aromatic carbocycles. The number of nitrogens with two attached hydrogens (primary N) is 1. The van der Waals surface area contributed by atoms with Gasteiger partial charge in [-0.15, -0.1) is 0 Å². The van der Waals surface area contributed by atoms with E-state index in [1.165, 1.54) is 6.07 Å². The van der Waals surface area contributed by atoms with Crippen LogP contribution in [0.2, 0.25) is 0 Å². The van der Waals surface area contributed by atoms with Gasteiger partial charge < -0.3 is 15.5 Å². The highest BCUT2D eigenvalue weighted by Gasteiger charge is 2.40. The molecule has 6 heteroatoms. The molecule has 1 saturated carbocycles. The second kappa shape index (κ2) is 7.74. The largest absolute Gasteiger partial charge is 0.339 e. The quantitative estimate of drug-likeness (QED) is 0.895. The van der Waals surface area contributed by atoms with Crippen LogP contribution in [-0.2, 0) is 16.0 Å². The van der Waals surface area contributed by atoms with Crippen LogP contribution in [-0.4, -0.2) is 53.3 Å². The topological polar surface area (TPSA) is 66.6 Å². The van der Waals surface area contributed by atoms with Crippen molar-refractivity contribution in [3.05, 3.63) is 35.6 Å². The van der Waals surface area contributed by atoms with Crippen molar-refractivity contribution in [3.63, 3.8) is 0 Å². The first-order chi connectivity index (χ1) is 12.4. The zero-order valence-corrected chi connectivity index (χ0v) is 15.4. The molecule has 0 radical (unpaired) electrons. The summed E-state index contributed by atoms with van der Waals surface area (Å²) in [4.78, 5) is 28.9. The first-order valence-corrected chi connectivity index (χ1v) is 9.47. The summed E-state index contributed by atoms with van der Waals surface area (Å²) in [6.45, 7) is 4.01. The first-order valence-electron chi connectivity index (χ1n) is 9.47. The molecule has 1 heterocycles. The molecule has 3 rings (SSSR count). The molecular formula is C20H28FN3O2. The maximum atomic E-state index is 13.7. The lowest BCUT2D eigenvalue weighted by Crippen LogP contribution is -2.57. The fraction of sp³-hybridized carbons (Fsp3) is 0.600. The Morgan fingerprint density at radius 1 is 1.15 bits per heavy atom. The fourth-order valence-electron chi connectivity index (χ4n) is 4.08. The van der Waals surface area contributed by atoms with Crippen molar-refractivity contribution in [2.24, 2.45) is 11.7 Å². The van der Waals surface area contributed by atoms with Gasteiger partial charge in [-0.25, -0.2) is 4.39 Å². The van der Waals surface area contributed by atoms with Crippen molar-refractivity contribution < 1.29 is 14.0 Å². The van der Waals surface area contributed by atoms with Crippen molar-refractivity contribution in [3.8, 4) is 0 Å². The molecule has 2 fully saturated rings. The zero-order chi connectivity index (χ0) is 18.7. The van der Waals surface area contributed by atoms with E-state index in [9.17, 15) is 14.0 Å². The molecule has 2 amide bonds. The molecule has 142 valence electrons. The second-order valence-corrected chi connectivity index (χ2v) is 7.78. The summed E-state index contributed by atoms with van der Waals surface area (Å²) in [7, 11) is 0. The standard InChI is InChI=1S/C20H28FN3O2/c1-20(22)9-5-4-7-16(20)19(26)24-12-10-23(11-13-24)18(25)14-15-6-2-3-8-17(15)21/h2-3,6,8,16H,4-5,7,9-14,22H2,1H3. The summed E-state index contributed by atoms with van der Waals surface area (Å²) in [6.07, 6.45) is 3.91. The molecule has 0 aromatic heterocycles. The Kier molecular flexibility index (Phi) is 5.61. The van der Waals surface area contributed by atoms with E-state index in [-0.39, 0.29) is 30.0 Å². The number of nitrogens with zero attached hydrogens (tertiary/aromatic N) is 2. The summed E-state index contributed by atoms with van der Waals surface area (Å²) in [5, 5.41) is 0. The Labute approximate surface area is 154 Å². The third-order valence-corrected chi connectivity index (χ3v) is 5.80. The molecule has 1 aliphatic carbocycles. The maximum absolute atomic E-state index is 13.7. The summed E-state index contributed by atoms with van der Waals surface area (Å²) >= 11 is 0. The van der Waals surface area contributed by atoms with E-state index in [0.29, 0.717) is 31.7 Å². The zero-order valence-electron chi connectivity index (χ0n) is 15.4. The van der Waals surface area contributed by atoms with Crippen LogP contribution in [0.5, 0.6) is 0 Å². The summed E-state index contributed by atoms with van der Waals surface area (Å²) < 4.78 is 13.7. The highest BCUT2D eigenvalue weighted by atomic mass is 19.1. The van der Waals surface area contributed by atoms with Crippen LogP contribution in [0.3, 0.4) is 0 Å². The lowest BCUT2D eigenvalue weighted by atomic mass is 9.74. The smallest absolute Gasteiger partial charge is 0.227 e. The summed E-state index contributed by atoms with van der Waals surface area (Å²) in [6, 6.07) is 6.35. The van der Waals surface area contributed by atoms with E-state index in [4.69, 9.17) is 5.73 Å². The van der Waals surface area contributed by atoms with Gasteiger partial charge in [-0.1, -0.05) is 31.0 Å². The monoisotopic (exact) mass is 361 g/mol. The molecule has 2 atom stereocenters. The molecule has 2 aliphatic rings. The van der Waals surface area contributed by atoms with Crippen molar-refractivity contribution in [1.29, 1.82) is 0 Å². The maximum Gasteiger partial charge on any atom is 0.227 e. The number of hydrogen-bond acceptors (Lipinski definition) is 3. The Balaban J connectivity index is 1.54. The Morgan fingerprint density at radius 3 is 2.46 bits per heavy atom. The van der Waals surface area contributed by atoms with Gasteiger partial charge in [0.2, 0.25) is 11.8 Å². The van der Waals surface area contributed by atoms with Crippen LogP contribution in [0.25, 0.3) is 0 Å². The molecule has 2 unspecified atom stereocenters. The number of carbonyl (C=O) groups is 2. The SMILES string of the molecule is CC1(N)CCCCC1C(=O)N1CCN(C(=O)Cc2ccccc2F)CC1. The number of benzene rings is 1. The van der Waals surface area contributed by atoms with Crippen LogP contribution >= 0.6 is 0 Å². The minimum atomic E-state index is -0.437. The Morgan fingerprint density at radius 2 is 1.81 bits per heavy atom. The van der Waals surface area contributed by atoms with Crippen molar-refractivity contribution in [2.75, 3.05) is 26.2 Å². The van der Waals surface area contributed by atoms with Gasteiger partial charge in [0.1, 0.15) is 5.82 Å². The Bertz CT molecular complexity index is 669. The number of carbonyl (C=O) groups excluding carboxylic acids is 2. The highest BCUT2D eigenvalue weighted by Crippen LogP contribution is 2.33. The minimum absolute atomic E-state index is 0.0596. The van der Waals surface area contributed by atoms with Crippen LogP contribution in [0, 0.1) is 11.7 Å². The number of hydrogen-bond donors (Lipinski definition) is 1. The van der Waals surface area contributed by atoms with E-state index in [1.807, 2.05) is 11.8 Å². The van der Waals surface area contributed by atoms with Gasteiger partial charge in [0, 0.05) is 31.7 Å². The first kappa shape index (κ1) is 18.8. The summed E-state index contributed by atoms with van der Waals surface area (Å²) in [5.74, 6) is -0.453. The van der Waals surface area contributed by atoms with Crippen LogP contribution in [0.15, 0.2) is 24.3 Å². The lowest BCUT2D eigenvalue weighted by molar-refractivity contribution is -0.144. The van der Waals surface area contributed by atoms with Gasteiger partial charge in [-0.05, 0) is 31.4 Å². The average Bonchev–Trinajstić information content (AvgIpc) is 2.63. The molecule has 0 spiro atoms. The third-order valence-electron chi connectivity index (χ3n) is 5.80. The lowest BCUT2D eigenvalue weighted by Gasteiger charge is -2.42. The van der Waals surface area contributed by atoms with Gasteiger partial charge in [-0.2, -0.15) is 0 Å². The third kappa shape index (κ3) is 4.06. The Hall–Kier alpha value is -1.95. The van der Waals surface area contributed by atoms with Gasteiger partial charge >= 0.3 is 0 Å². The molecule has 0 bridgehead atoms. The van der Waals surface area contributed by atoms with Crippen molar-refractivity contribution in [1.82, 2.24) is 9.80 Å². The molecule has 1 aliphatic heterocycles. The fourth-order valence-corrected chi connectivity index (χ4v) is 4.08. The number of amides is 2. The van der Waals surface area contributed by atoms with E-state index in [2.05, 4.69) is 0 Å². The van der Waals surface area contributed by atoms with Crippen molar-refractivity contribution in [2.45, 2.75) is 44.6 Å². The van der Waals surface area contributed by atoms with Gasteiger partial charge in [0.05, 0.1) is 12.3 Å². The summed E-state index contributed by atoms with van der Waals surface area (Å²) in [5.41, 5.74) is 6.33. The van der Waals surface area contributed by atoms with E-state index >= 15 is 0 Å². The molecule has 1 aromatic rings. The molecule has 26 heavy (non-hydrogen) atoms. The molecule has 1 saturated heterocycles. The van der Waals surface area contributed by atoms with Crippen LogP contribution in [0.1, 0.15) is 38.2 Å². The normalized spacial score (nSPS) is 26.7. The van der Waals surface area contributed by atoms with Gasteiger partial charge in [0.25, 0.3) is 0 Å². The number of piperazine rings is 1. The van der Waals surface area contributed by atoms with Crippen LogP contribution < -0.4 is 5.73 Å². The number of halogens is 1. The van der Waals surface area contributed by atoms with Gasteiger partial charge in [-0.3, -0.25) is 9.59 Å². The van der Waals surface area contributed by atoms with E-state index < -0.39 is 5.54 Å². The predicted molar refractivity (Wildman–Crippen MR) is 97.8 cm³/mol. The van der Waals surface area contributed by atoms with E-state index in [1.54, 1.807) is 23.1 Å². The highest BCUT2D eigenvalue weighted by molar-refractivity contribution is 5.82. The predicted octanol–water partition coefficient (Wildman–Crippen LogP) is 1.95. The molecular weight excluding hydrogens is 333 g/mol. The molecule has 2 N–H and O–H groups in total. The van der Waals surface area contributed by atoms with E-state index in [0.717, 1.165) is 25.7 Å². The molecule has 5 nitrogen and oxygen atoms in total. The van der Waals surface area contributed by atoms with Crippen molar-refractivity contribution >= 4 is 11.8 Å². The van der Waals surface area contributed by atoms with Crippen LogP contribution in [0.4, 0.5) is 4.39 Å². The number of rotatable bonds is 3. The van der Waals surface area contributed by atoms with Gasteiger partial charge in [0.15, 0.2) is 0 Å².